The van der Waals surface area contributed by atoms with Crippen molar-refractivity contribution in [2.24, 2.45) is 7.05 Å². The highest BCUT2D eigenvalue weighted by Crippen LogP contribution is 2.05. The molecule has 0 spiro atoms. The molecule has 1 aliphatic heterocycles. The SMILES string of the molecule is C[C@H](C(=O)NCCc1ncnn1C)N1CCN(C)CC1. The molecule has 1 atom stereocenters. The fourth-order valence-electron chi connectivity index (χ4n) is 2.37. The molecule has 112 valence electrons. The van der Waals surface area contributed by atoms with Crippen LogP contribution in [0.2, 0.25) is 0 Å². The van der Waals surface area contributed by atoms with Gasteiger partial charge in [-0.05, 0) is 14.0 Å². The van der Waals surface area contributed by atoms with Crippen LogP contribution in [-0.4, -0.2) is 76.3 Å². The molecule has 1 saturated heterocycles. The molecule has 20 heavy (non-hydrogen) atoms. The Balaban J connectivity index is 1.72. The third-order valence-corrected chi connectivity index (χ3v) is 3.92. The first-order valence-corrected chi connectivity index (χ1v) is 7.11. The molecule has 7 nitrogen and oxygen atoms in total. The number of likely N-dealkylation sites (N-methyl/N-ethyl adjacent to an activating group) is 1. The summed E-state index contributed by atoms with van der Waals surface area (Å²) in [4.78, 5) is 20.8. The van der Waals surface area contributed by atoms with Crippen LogP contribution in [0, 0.1) is 0 Å². The molecule has 1 amide bonds. The summed E-state index contributed by atoms with van der Waals surface area (Å²) in [6, 6.07) is -0.0665. The molecule has 2 heterocycles. The number of carbonyl (C=O) groups excluding carboxylic acids is 1. The topological polar surface area (TPSA) is 66.3 Å². The Morgan fingerprint density at radius 2 is 2.05 bits per heavy atom. The highest BCUT2D eigenvalue weighted by molar-refractivity contribution is 5.81. The van der Waals surface area contributed by atoms with Crippen molar-refractivity contribution in [2.45, 2.75) is 19.4 Å². The summed E-state index contributed by atoms with van der Waals surface area (Å²) in [5, 5.41) is 6.99. The molecular weight excluding hydrogens is 256 g/mol. The van der Waals surface area contributed by atoms with E-state index in [2.05, 4.69) is 32.2 Å². The van der Waals surface area contributed by atoms with Crippen molar-refractivity contribution in [2.75, 3.05) is 39.8 Å². The molecule has 0 saturated carbocycles. The summed E-state index contributed by atoms with van der Waals surface area (Å²) >= 11 is 0. The van der Waals surface area contributed by atoms with E-state index in [1.54, 1.807) is 4.68 Å². The largest absolute Gasteiger partial charge is 0.354 e. The fourth-order valence-corrected chi connectivity index (χ4v) is 2.37. The number of carbonyl (C=O) groups is 1. The maximum atomic E-state index is 12.1. The van der Waals surface area contributed by atoms with Crippen molar-refractivity contribution >= 4 is 5.91 Å². The predicted octanol–water partition coefficient (Wildman–Crippen LogP) is -0.890. The first-order valence-electron chi connectivity index (χ1n) is 7.11. The van der Waals surface area contributed by atoms with Gasteiger partial charge in [0.15, 0.2) is 0 Å². The zero-order valence-electron chi connectivity index (χ0n) is 12.5. The van der Waals surface area contributed by atoms with Crippen LogP contribution in [0.3, 0.4) is 0 Å². The summed E-state index contributed by atoms with van der Waals surface area (Å²) in [6.07, 6.45) is 2.24. The van der Waals surface area contributed by atoms with Crippen molar-refractivity contribution in [1.29, 1.82) is 0 Å². The molecule has 1 aromatic rings. The van der Waals surface area contributed by atoms with Crippen LogP contribution in [0.5, 0.6) is 0 Å². The summed E-state index contributed by atoms with van der Waals surface area (Å²) in [6.45, 7) is 6.53. The number of hydrogen-bond acceptors (Lipinski definition) is 5. The lowest BCUT2D eigenvalue weighted by Gasteiger charge is -2.35. The molecule has 1 fully saturated rings. The third-order valence-electron chi connectivity index (χ3n) is 3.92. The van der Waals surface area contributed by atoms with Gasteiger partial charge in [-0.2, -0.15) is 5.10 Å². The lowest BCUT2D eigenvalue weighted by molar-refractivity contribution is -0.126. The van der Waals surface area contributed by atoms with Gasteiger partial charge in [0.05, 0.1) is 6.04 Å². The van der Waals surface area contributed by atoms with Gasteiger partial charge in [-0.3, -0.25) is 14.4 Å². The van der Waals surface area contributed by atoms with Gasteiger partial charge in [0, 0.05) is 46.2 Å². The lowest BCUT2D eigenvalue weighted by atomic mass is 10.2. The second-order valence-corrected chi connectivity index (χ2v) is 5.36. The van der Waals surface area contributed by atoms with Gasteiger partial charge in [0.1, 0.15) is 12.2 Å². The Labute approximate surface area is 119 Å². The number of nitrogens with one attached hydrogen (secondary N) is 1. The smallest absolute Gasteiger partial charge is 0.237 e. The Morgan fingerprint density at radius 1 is 1.35 bits per heavy atom. The summed E-state index contributed by atoms with van der Waals surface area (Å²) < 4.78 is 1.73. The number of aryl methyl sites for hydroxylation is 1. The third kappa shape index (κ3) is 3.77. The molecule has 0 aliphatic carbocycles. The minimum atomic E-state index is -0.0665. The van der Waals surface area contributed by atoms with Gasteiger partial charge in [-0.15, -0.1) is 0 Å². The summed E-state index contributed by atoms with van der Waals surface area (Å²) in [5.41, 5.74) is 0. The van der Waals surface area contributed by atoms with Crippen LogP contribution in [0.4, 0.5) is 0 Å². The van der Waals surface area contributed by atoms with Crippen LogP contribution in [0.1, 0.15) is 12.7 Å². The van der Waals surface area contributed by atoms with Crippen LogP contribution >= 0.6 is 0 Å². The molecular formula is C13H24N6O. The number of rotatable bonds is 5. The first kappa shape index (κ1) is 14.9. The van der Waals surface area contributed by atoms with Crippen molar-refractivity contribution in [3.63, 3.8) is 0 Å². The van der Waals surface area contributed by atoms with E-state index >= 15 is 0 Å². The zero-order chi connectivity index (χ0) is 14.5. The van der Waals surface area contributed by atoms with Crippen molar-refractivity contribution in [3.8, 4) is 0 Å². The van der Waals surface area contributed by atoms with E-state index in [9.17, 15) is 4.79 Å². The highest BCUT2D eigenvalue weighted by Gasteiger charge is 2.23. The Bertz CT molecular complexity index is 438. The maximum absolute atomic E-state index is 12.1. The zero-order valence-corrected chi connectivity index (χ0v) is 12.5. The molecule has 0 unspecified atom stereocenters. The van der Waals surface area contributed by atoms with Crippen LogP contribution in [-0.2, 0) is 18.3 Å². The molecule has 0 bridgehead atoms. The summed E-state index contributed by atoms with van der Waals surface area (Å²) in [7, 11) is 3.97. The Kier molecular flexibility index (Phi) is 5.08. The van der Waals surface area contributed by atoms with E-state index in [0.717, 1.165) is 32.0 Å². The number of piperazine rings is 1. The number of amides is 1. The predicted molar refractivity (Wildman–Crippen MR) is 76.2 cm³/mol. The summed E-state index contributed by atoms with van der Waals surface area (Å²) in [5.74, 6) is 0.981. The average molecular weight is 280 g/mol. The van der Waals surface area contributed by atoms with Crippen molar-refractivity contribution in [3.05, 3.63) is 12.2 Å². The monoisotopic (exact) mass is 280 g/mol. The average Bonchev–Trinajstić information content (AvgIpc) is 2.84. The van der Waals surface area contributed by atoms with Gasteiger partial charge in [-0.1, -0.05) is 0 Å². The van der Waals surface area contributed by atoms with Crippen LogP contribution in [0.15, 0.2) is 6.33 Å². The molecule has 0 radical (unpaired) electrons. The van der Waals surface area contributed by atoms with E-state index in [0.29, 0.717) is 13.0 Å². The number of nitrogens with zero attached hydrogens (tertiary/aromatic N) is 5. The number of hydrogen-bond donors (Lipinski definition) is 1. The first-order chi connectivity index (χ1) is 9.58. The van der Waals surface area contributed by atoms with E-state index < -0.39 is 0 Å². The molecule has 7 heteroatoms. The second kappa shape index (κ2) is 6.81. The van der Waals surface area contributed by atoms with Crippen LogP contribution < -0.4 is 5.32 Å². The van der Waals surface area contributed by atoms with Gasteiger partial charge in [-0.25, -0.2) is 4.98 Å². The molecule has 1 N–H and O–H groups in total. The van der Waals surface area contributed by atoms with Crippen LogP contribution in [0.25, 0.3) is 0 Å². The molecule has 0 aromatic carbocycles. The molecule has 2 rings (SSSR count). The maximum Gasteiger partial charge on any atom is 0.237 e. The van der Waals surface area contributed by atoms with Gasteiger partial charge in [0.2, 0.25) is 5.91 Å². The second-order valence-electron chi connectivity index (χ2n) is 5.36. The minimum absolute atomic E-state index is 0.0665. The van der Waals surface area contributed by atoms with Crippen molar-refractivity contribution < 1.29 is 4.79 Å². The van der Waals surface area contributed by atoms with Gasteiger partial charge < -0.3 is 10.2 Å². The van der Waals surface area contributed by atoms with Gasteiger partial charge >= 0.3 is 0 Å². The minimum Gasteiger partial charge on any atom is -0.354 e. The number of aromatic nitrogens is 3. The fraction of sp³-hybridized carbons (Fsp3) is 0.769. The van der Waals surface area contributed by atoms with Crippen molar-refractivity contribution in [1.82, 2.24) is 29.9 Å². The van der Waals surface area contributed by atoms with Gasteiger partial charge in [0.25, 0.3) is 0 Å². The Morgan fingerprint density at radius 3 is 2.65 bits per heavy atom. The lowest BCUT2D eigenvalue weighted by Crippen LogP contribution is -2.53. The quantitative estimate of drug-likeness (QED) is 0.758. The van der Waals surface area contributed by atoms with E-state index in [1.807, 2.05) is 14.0 Å². The Hall–Kier alpha value is -1.47. The standard InChI is InChI=1S/C13H24N6O/c1-11(19-8-6-17(2)7-9-19)13(20)14-5-4-12-15-10-16-18(12)3/h10-11H,4-9H2,1-3H3,(H,14,20)/t11-/m1/s1. The highest BCUT2D eigenvalue weighted by atomic mass is 16.2. The molecule has 1 aromatic heterocycles. The normalized spacial score (nSPS) is 18.9. The van der Waals surface area contributed by atoms with E-state index in [4.69, 9.17) is 0 Å². The van der Waals surface area contributed by atoms with E-state index in [1.165, 1.54) is 6.33 Å². The molecule has 1 aliphatic rings. The van der Waals surface area contributed by atoms with E-state index in [-0.39, 0.29) is 11.9 Å².